The fourth-order valence-electron chi connectivity index (χ4n) is 4.01. The van der Waals surface area contributed by atoms with Crippen LogP contribution in [0.25, 0.3) is 16.8 Å². The van der Waals surface area contributed by atoms with Crippen molar-refractivity contribution < 1.29 is 4.74 Å². The largest absolute Gasteiger partial charge is 0.379 e. The van der Waals surface area contributed by atoms with E-state index in [-0.39, 0.29) is 0 Å². The Balaban J connectivity index is 1.51. The molecule has 0 saturated carbocycles. The van der Waals surface area contributed by atoms with Gasteiger partial charge in [-0.25, -0.2) is 9.97 Å². The number of hydrogen-bond donors (Lipinski definition) is 1. The van der Waals surface area contributed by atoms with Crippen molar-refractivity contribution in [2.75, 3.05) is 44.7 Å². The molecule has 0 spiro atoms. The first-order chi connectivity index (χ1) is 12.4. The highest BCUT2D eigenvalue weighted by Crippen LogP contribution is 2.31. The molecule has 1 fully saturated rings. The molecule has 130 valence electrons. The Morgan fingerprint density at radius 2 is 1.96 bits per heavy atom. The van der Waals surface area contributed by atoms with Gasteiger partial charge in [0.15, 0.2) is 0 Å². The summed E-state index contributed by atoms with van der Waals surface area (Å²) < 4.78 is 7.64. The maximum atomic E-state index is 5.44. The molecule has 0 atom stereocenters. The summed E-state index contributed by atoms with van der Waals surface area (Å²) in [5.41, 5.74) is 4.73. The molecule has 2 aliphatic rings. The van der Waals surface area contributed by atoms with Gasteiger partial charge in [0.2, 0.25) is 5.78 Å². The molecule has 3 heterocycles. The second-order valence-electron chi connectivity index (χ2n) is 6.86. The van der Waals surface area contributed by atoms with Crippen molar-refractivity contribution >= 4 is 22.6 Å². The summed E-state index contributed by atoms with van der Waals surface area (Å²) in [5, 5.41) is 3.71. The molecule has 6 heteroatoms. The maximum Gasteiger partial charge on any atom is 0.236 e. The number of anilines is 1. The number of imidazole rings is 1. The molecule has 1 saturated heterocycles. The summed E-state index contributed by atoms with van der Waals surface area (Å²) in [7, 11) is 0. The average molecular weight is 337 g/mol. The molecular formula is C19H23N5O. The highest BCUT2D eigenvalue weighted by Gasteiger charge is 2.22. The van der Waals surface area contributed by atoms with Gasteiger partial charge in [-0.05, 0) is 31.4 Å². The number of ether oxygens (including phenoxy) is 1. The first-order valence-corrected chi connectivity index (χ1v) is 9.23. The van der Waals surface area contributed by atoms with E-state index >= 15 is 0 Å². The minimum atomic E-state index is 0.815. The third kappa shape index (κ3) is 2.65. The summed E-state index contributed by atoms with van der Waals surface area (Å²) in [6.07, 6.45) is 3.35. The SMILES string of the molecule is c1ccc2c(c1)nc1nc3c(c(NCCN4CCOCC4)n12)CCC3. The molecule has 1 N–H and O–H groups in total. The maximum absolute atomic E-state index is 5.44. The molecule has 2 aromatic heterocycles. The molecule has 6 nitrogen and oxygen atoms in total. The number of rotatable bonds is 4. The Labute approximate surface area is 146 Å². The molecule has 0 bridgehead atoms. The molecule has 0 unspecified atom stereocenters. The fraction of sp³-hybridized carbons (Fsp3) is 0.474. The topological polar surface area (TPSA) is 54.7 Å². The van der Waals surface area contributed by atoms with Gasteiger partial charge in [0.25, 0.3) is 0 Å². The molecular weight excluding hydrogens is 314 g/mol. The van der Waals surface area contributed by atoms with Crippen LogP contribution in [0.2, 0.25) is 0 Å². The molecule has 3 aromatic rings. The van der Waals surface area contributed by atoms with E-state index < -0.39 is 0 Å². The van der Waals surface area contributed by atoms with Crippen molar-refractivity contribution in [3.8, 4) is 0 Å². The first kappa shape index (κ1) is 15.1. The number of nitrogens with one attached hydrogen (secondary N) is 1. The van der Waals surface area contributed by atoms with E-state index in [1.54, 1.807) is 0 Å². The van der Waals surface area contributed by atoms with Crippen molar-refractivity contribution in [1.29, 1.82) is 0 Å². The highest BCUT2D eigenvalue weighted by atomic mass is 16.5. The zero-order valence-electron chi connectivity index (χ0n) is 14.4. The quantitative estimate of drug-likeness (QED) is 0.790. The molecule has 5 rings (SSSR count). The van der Waals surface area contributed by atoms with E-state index in [4.69, 9.17) is 14.7 Å². The van der Waals surface area contributed by atoms with Crippen LogP contribution < -0.4 is 5.32 Å². The zero-order chi connectivity index (χ0) is 16.6. The van der Waals surface area contributed by atoms with Crippen molar-refractivity contribution in [3.63, 3.8) is 0 Å². The van der Waals surface area contributed by atoms with Gasteiger partial charge in [-0.1, -0.05) is 12.1 Å². The second-order valence-corrected chi connectivity index (χ2v) is 6.86. The number of fused-ring (bicyclic) bond motifs is 4. The van der Waals surface area contributed by atoms with E-state index in [2.05, 4.69) is 32.8 Å². The number of hydrogen-bond acceptors (Lipinski definition) is 5. The highest BCUT2D eigenvalue weighted by molar-refractivity contribution is 5.82. The smallest absolute Gasteiger partial charge is 0.236 e. The van der Waals surface area contributed by atoms with Gasteiger partial charge in [0.05, 0.1) is 29.9 Å². The molecule has 1 aromatic carbocycles. The third-order valence-corrected chi connectivity index (χ3v) is 5.30. The van der Waals surface area contributed by atoms with Gasteiger partial charge in [-0.2, -0.15) is 0 Å². The number of benzene rings is 1. The van der Waals surface area contributed by atoms with Crippen molar-refractivity contribution in [2.45, 2.75) is 19.3 Å². The van der Waals surface area contributed by atoms with E-state index in [1.807, 2.05) is 6.07 Å². The van der Waals surface area contributed by atoms with Crippen LogP contribution in [0, 0.1) is 0 Å². The Bertz CT molecular complexity index is 913. The lowest BCUT2D eigenvalue weighted by atomic mass is 10.2. The Morgan fingerprint density at radius 1 is 1.08 bits per heavy atom. The van der Waals surface area contributed by atoms with Crippen LogP contribution in [-0.2, 0) is 17.6 Å². The number of para-hydroxylation sites is 2. The lowest BCUT2D eigenvalue weighted by Crippen LogP contribution is -2.39. The minimum absolute atomic E-state index is 0.815. The van der Waals surface area contributed by atoms with Crippen LogP contribution in [0.5, 0.6) is 0 Å². The van der Waals surface area contributed by atoms with Gasteiger partial charge < -0.3 is 10.1 Å². The lowest BCUT2D eigenvalue weighted by molar-refractivity contribution is 0.0398. The standard InChI is InChI=1S/C19H23N5O/c1-2-7-17-16(5-1)22-19-21-15-6-3-4-14(15)18(24(17)19)20-8-9-23-10-12-25-13-11-23/h1-2,5,7,20H,3-4,6,8-13H2. The summed E-state index contributed by atoms with van der Waals surface area (Å²) in [6, 6.07) is 8.30. The lowest BCUT2D eigenvalue weighted by Gasteiger charge is -2.27. The van der Waals surface area contributed by atoms with Crippen LogP contribution in [-0.4, -0.2) is 58.7 Å². The predicted molar refractivity (Wildman–Crippen MR) is 98.3 cm³/mol. The summed E-state index contributed by atoms with van der Waals surface area (Å²) in [5.74, 6) is 2.01. The predicted octanol–water partition coefficient (Wildman–Crippen LogP) is 2.12. The van der Waals surface area contributed by atoms with E-state index in [1.165, 1.54) is 23.5 Å². The van der Waals surface area contributed by atoms with Crippen molar-refractivity contribution in [1.82, 2.24) is 19.3 Å². The fourth-order valence-corrected chi connectivity index (χ4v) is 4.01. The van der Waals surface area contributed by atoms with Crippen LogP contribution in [0.4, 0.5) is 5.82 Å². The van der Waals surface area contributed by atoms with Crippen LogP contribution in [0.1, 0.15) is 17.7 Å². The number of aromatic nitrogens is 3. The van der Waals surface area contributed by atoms with Crippen LogP contribution in [0.3, 0.4) is 0 Å². The summed E-state index contributed by atoms with van der Waals surface area (Å²) in [6.45, 7) is 5.72. The molecule has 25 heavy (non-hydrogen) atoms. The molecule has 1 aliphatic heterocycles. The Kier molecular flexibility index (Phi) is 3.79. The summed E-state index contributed by atoms with van der Waals surface area (Å²) in [4.78, 5) is 12.0. The minimum Gasteiger partial charge on any atom is -0.379 e. The molecule has 0 amide bonds. The van der Waals surface area contributed by atoms with Crippen molar-refractivity contribution in [2.24, 2.45) is 0 Å². The van der Waals surface area contributed by atoms with Crippen LogP contribution >= 0.6 is 0 Å². The van der Waals surface area contributed by atoms with Gasteiger partial charge >= 0.3 is 0 Å². The van der Waals surface area contributed by atoms with E-state index in [9.17, 15) is 0 Å². The first-order valence-electron chi connectivity index (χ1n) is 9.23. The normalized spacial score (nSPS) is 18.1. The average Bonchev–Trinajstić information content (AvgIpc) is 3.26. The van der Waals surface area contributed by atoms with E-state index in [0.29, 0.717) is 0 Å². The Morgan fingerprint density at radius 3 is 2.88 bits per heavy atom. The van der Waals surface area contributed by atoms with Gasteiger partial charge in [-0.15, -0.1) is 0 Å². The zero-order valence-corrected chi connectivity index (χ0v) is 14.4. The summed E-state index contributed by atoms with van der Waals surface area (Å²) >= 11 is 0. The monoisotopic (exact) mass is 337 g/mol. The molecule has 0 radical (unpaired) electrons. The van der Waals surface area contributed by atoms with Gasteiger partial charge in [0, 0.05) is 31.7 Å². The number of morpholine rings is 1. The molecule has 1 aliphatic carbocycles. The second kappa shape index (κ2) is 6.28. The Hall–Kier alpha value is -2.18. The number of nitrogens with zero attached hydrogens (tertiary/aromatic N) is 4. The van der Waals surface area contributed by atoms with Gasteiger partial charge in [-0.3, -0.25) is 9.30 Å². The van der Waals surface area contributed by atoms with Crippen LogP contribution in [0.15, 0.2) is 24.3 Å². The van der Waals surface area contributed by atoms with E-state index in [0.717, 1.165) is 69.0 Å². The third-order valence-electron chi connectivity index (χ3n) is 5.30. The van der Waals surface area contributed by atoms with Crippen molar-refractivity contribution in [3.05, 3.63) is 35.5 Å². The number of aryl methyl sites for hydroxylation is 1. The van der Waals surface area contributed by atoms with Gasteiger partial charge in [0.1, 0.15) is 5.82 Å².